The molecule has 28 heavy (non-hydrogen) atoms. The van der Waals surface area contributed by atoms with Gasteiger partial charge in [0, 0.05) is 11.3 Å². The van der Waals surface area contributed by atoms with E-state index in [0.29, 0.717) is 11.3 Å². The van der Waals surface area contributed by atoms with Crippen LogP contribution in [0.2, 0.25) is 0 Å². The fraction of sp³-hybridized carbons (Fsp3) is 0.0476. The number of carbonyl (C=O) groups excluding carboxylic acids is 1. The molecule has 0 saturated carbocycles. The van der Waals surface area contributed by atoms with Crippen molar-refractivity contribution in [1.82, 2.24) is 5.32 Å². The van der Waals surface area contributed by atoms with E-state index in [1.54, 1.807) is 25.3 Å². The number of halogens is 1. The third-order valence-corrected chi connectivity index (χ3v) is 4.78. The van der Waals surface area contributed by atoms with Gasteiger partial charge in [-0.15, -0.1) is 0 Å². The number of thiocarbonyl (C=S) groups is 1. The van der Waals surface area contributed by atoms with Gasteiger partial charge >= 0.3 is 0 Å². The van der Waals surface area contributed by atoms with E-state index in [-0.39, 0.29) is 11.0 Å². The first-order chi connectivity index (χ1) is 13.5. The topological polar surface area (TPSA) is 59.6 Å². The van der Waals surface area contributed by atoms with Gasteiger partial charge in [0.2, 0.25) is 0 Å². The van der Waals surface area contributed by atoms with Crippen LogP contribution in [0, 0.1) is 3.57 Å². The van der Waals surface area contributed by atoms with Crippen molar-refractivity contribution < 1.29 is 14.3 Å². The van der Waals surface area contributed by atoms with Crippen molar-refractivity contribution in [2.24, 2.45) is 0 Å². The molecule has 0 saturated heterocycles. The Morgan fingerprint density at radius 2 is 1.64 bits per heavy atom. The number of methoxy groups -OCH3 is 1. The minimum atomic E-state index is -0.290. The maximum Gasteiger partial charge on any atom is 0.257 e. The van der Waals surface area contributed by atoms with Gasteiger partial charge in [-0.3, -0.25) is 10.1 Å². The van der Waals surface area contributed by atoms with E-state index < -0.39 is 0 Å². The molecule has 0 aliphatic carbocycles. The highest BCUT2D eigenvalue weighted by molar-refractivity contribution is 14.1. The Labute approximate surface area is 182 Å². The molecule has 0 fully saturated rings. The van der Waals surface area contributed by atoms with Crippen molar-refractivity contribution in [3.63, 3.8) is 0 Å². The summed E-state index contributed by atoms with van der Waals surface area (Å²) in [5, 5.41) is 5.87. The quantitative estimate of drug-likeness (QED) is 0.369. The van der Waals surface area contributed by atoms with Crippen molar-refractivity contribution in [2.45, 2.75) is 0 Å². The van der Waals surface area contributed by atoms with Crippen LogP contribution in [-0.2, 0) is 0 Å². The maximum atomic E-state index is 12.4. The van der Waals surface area contributed by atoms with Crippen molar-refractivity contribution >= 4 is 51.5 Å². The van der Waals surface area contributed by atoms with Gasteiger partial charge in [-0.25, -0.2) is 0 Å². The summed E-state index contributed by atoms with van der Waals surface area (Å²) in [6, 6.07) is 22.0. The Balaban J connectivity index is 1.57. The van der Waals surface area contributed by atoms with Crippen LogP contribution in [0.25, 0.3) is 0 Å². The minimum Gasteiger partial charge on any atom is -0.496 e. The molecule has 0 spiro atoms. The summed E-state index contributed by atoms with van der Waals surface area (Å²) in [4.78, 5) is 12.4. The Hall–Kier alpha value is -2.65. The van der Waals surface area contributed by atoms with E-state index in [0.717, 1.165) is 20.8 Å². The fourth-order valence-electron chi connectivity index (χ4n) is 2.38. The third kappa shape index (κ3) is 5.43. The minimum absolute atomic E-state index is 0.215. The first-order valence-corrected chi connectivity index (χ1v) is 9.82. The van der Waals surface area contributed by atoms with Gasteiger partial charge in [0.1, 0.15) is 17.2 Å². The molecule has 0 aliphatic rings. The number of ether oxygens (including phenoxy) is 2. The number of carbonyl (C=O) groups is 1. The average Bonchev–Trinajstić information content (AvgIpc) is 2.70. The number of nitrogens with one attached hydrogen (secondary N) is 2. The summed E-state index contributed by atoms with van der Waals surface area (Å²) < 4.78 is 11.8. The largest absolute Gasteiger partial charge is 0.496 e. The van der Waals surface area contributed by atoms with Crippen LogP contribution < -0.4 is 20.1 Å². The van der Waals surface area contributed by atoms with Gasteiger partial charge in [-0.2, -0.15) is 0 Å². The van der Waals surface area contributed by atoms with Gasteiger partial charge in [0.15, 0.2) is 5.11 Å². The van der Waals surface area contributed by atoms with E-state index in [4.69, 9.17) is 21.7 Å². The average molecular weight is 504 g/mol. The molecule has 5 nitrogen and oxygen atoms in total. The highest BCUT2D eigenvalue weighted by Gasteiger charge is 2.10. The molecule has 3 aromatic rings. The summed E-state index contributed by atoms with van der Waals surface area (Å²) in [5.74, 6) is 1.90. The summed E-state index contributed by atoms with van der Waals surface area (Å²) in [6.07, 6.45) is 0. The molecule has 142 valence electrons. The zero-order valence-corrected chi connectivity index (χ0v) is 17.9. The smallest absolute Gasteiger partial charge is 0.257 e. The number of anilines is 1. The lowest BCUT2D eigenvalue weighted by molar-refractivity contribution is 0.0977. The fourth-order valence-corrected chi connectivity index (χ4v) is 3.32. The predicted molar refractivity (Wildman–Crippen MR) is 122 cm³/mol. The Morgan fingerprint density at radius 3 is 2.29 bits per heavy atom. The highest BCUT2D eigenvalue weighted by atomic mass is 127. The third-order valence-electron chi connectivity index (χ3n) is 3.73. The van der Waals surface area contributed by atoms with Crippen LogP contribution >= 0.6 is 34.8 Å². The molecule has 3 aromatic carbocycles. The molecule has 0 unspecified atom stereocenters. The Kier molecular flexibility index (Phi) is 6.83. The SMILES string of the molecule is COc1ccc(C(=O)NC(=S)Nc2ccc(Oc3ccccc3)cc2)cc1I. The van der Waals surface area contributed by atoms with Crippen molar-refractivity contribution in [3.8, 4) is 17.2 Å². The zero-order chi connectivity index (χ0) is 19.9. The molecule has 0 aromatic heterocycles. The lowest BCUT2D eigenvalue weighted by atomic mass is 10.2. The van der Waals surface area contributed by atoms with Gasteiger partial charge in [0.05, 0.1) is 10.7 Å². The number of benzene rings is 3. The van der Waals surface area contributed by atoms with Crippen molar-refractivity contribution in [3.05, 3.63) is 81.9 Å². The lowest BCUT2D eigenvalue weighted by Gasteiger charge is -2.11. The molecule has 0 bridgehead atoms. The molecule has 2 N–H and O–H groups in total. The van der Waals surface area contributed by atoms with Crippen LogP contribution in [0.15, 0.2) is 72.8 Å². The van der Waals surface area contributed by atoms with Crippen LogP contribution in [0.1, 0.15) is 10.4 Å². The molecular formula is C21H17IN2O3S. The normalized spacial score (nSPS) is 10.1. The van der Waals surface area contributed by atoms with E-state index in [1.807, 2.05) is 54.6 Å². The van der Waals surface area contributed by atoms with E-state index in [1.165, 1.54) is 0 Å². The summed E-state index contributed by atoms with van der Waals surface area (Å²) >= 11 is 7.35. The van der Waals surface area contributed by atoms with E-state index in [2.05, 4.69) is 33.2 Å². The summed E-state index contributed by atoms with van der Waals surface area (Å²) in [5.41, 5.74) is 1.25. The summed E-state index contributed by atoms with van der Waals surface area (Å²) in [6.45, 7) is 0. The number of amides is 1. The predicted octanol–water partition coefficient (Wildman–Crippen LogP) is 5.22. The molecule has 3 rings (SSSR count). The number of rotatable bonds is 5. The van der Waals surface area contributed by atoms with Crippen LogP contribution in [0.3, 0.4) is 0 Å². The first kappa shape index (κ1) is 20.1. The van der Waals surface area contributed by atoms with Gasteiger partial charge in [-0.05, 0) is 89.4 Å². The Morgan fingerprint density at radius 1 is 0.964 bits per heavy atom. The second-order valence-electron chi connectivity index (χ2n) is 5.70. The Bertz CT molecular complexity index is 979. The highest BCUT2D eigenvalue weighted by Crippen LogP contribution is 2.23. The second kappa shape index (κ2) is 9.52. The lowest BCUT2D eigenvalue weighted by Crippen LogP contribution is -2.34. The second-order valence-corrected chi connectivity index (χ2v) is 7.27. The molecule has 0 radical (unpaired) electrons. The standard InChI is InChI=1S/C21H17IN2O3S/c1-26-19-12-7-14(13-18(19)22)20(25)24-21(28)23-15-8-10-17(11-9-15)27-16-5-3-2-4-6-16/h2-13H,1H3,(H2,23,24,25,28). The van der Waals surface area contributed by atoms with Gasteiger partial charge in [-0.1, -0.05) is 18.2 Å². The number of hydrogen-bond donors (Lipinski definition) is 2. The van der Waals surface area contributed by atoms with Crippen molar-refractivity contribution in [1.29, 1.82) is 0 Å². The summed E-state index contributed by atoms with van der Waals surface area (Å²) in [7, 11) is 1.59. The van der Waals surface area contributed by atoms with Gasteiger partial charge < -0.3 is 14.8 Å². The molecule has 7 heteroatoms. The zero-order valence-electron chi connectivity index (χ0n) is 14.9. The van der Waals surface area contributed by atoms with E-state index >= 15 is 0 Å². The monoisotopic (exact) mass is 504 g/mol. The van der Waals surface area contributed by atoms with Gasteiger partial charge in [0.25, 0.3) is 5.91 Å². The van der Waals surface area contributed by atoms with E-state index in [9.17, 15) is 4.79 Å². The van der Waals surface area contributed by atoms with Crippen LogP contribution in [0.5, 0.6) is 17.2 Å². The number of hydrogen-bond acceptors (Lipinski definition) is 4. The molecule has 0 heterocycles. The molecule has 0 atom stereocenters. The molecule has 0 aliphatic heterocycles. The van der Waals surface area contributed by atoms with Crippen molar-refractivity contribution in [2.75, 3.05) is 12.4 Å². The molecular weight excluding hydrogens is 487 g/mol. The van der Waals surface area contributed by atoms with Crippen LogP contribution in [0.4, 0.5) is 5.69 Å². The maximum absolute atomic E-state index is 12.4. The first-order valence-electron chi connectivity index (χ1n) is 8.34. The number of para-hydroxylation sites is 1. The van der Waals surface area contributed by atoms with Crippen LogP contribution in [-0.4, -0.2) is 18.1 Å². The molecule has 1 amide bonds.